The van der Waals surface area contributed by atoms with Crippen LogP contribution in [-0.2, 0) is 6.54 Å². The number of rotatable bonds is 5. The Kier molecular flexibility index (Phi) is 5.57. The van der Waals surface area contributed by atoms with E-state index in [-0.39, 0.29) is 17.7 Å². The number of nitrogens with zero attached hydrogens (tertiary/aromatic N) is 2. The predicted molar refractivity (Wildman–Crippen MR) is 117 cm³/mol. The van der Waals surface area contributed by atoms with Gasteiger partial charge in [0.1, 0.15) is 0 Å². The molecule has 154 valence electrons. The molecule has 1 aromatic heterocycles. The van der Waals surface area contributed by atoms with E-state index in [0.29, 0.717) is 18.8 Å². The number of hydrogen-bond donors (Lipinski definition) is 1. The van der Waals surface area contributed by atoms with Crippen molar-refractivity contribution >= 4 is 23.3 Å². The molecule has 3 amide bonds. The Bertz CT molecular complexity index is 1060. The lowest BCUT2D eigenvalue weighted by Gasteiger charge is -2.36. The Labute approximate surface area is 176 Å². The van der Waals surface area contributed by atoms with Gasteiger partial charge in [0.25, 0.3) is 5.91 Å². The van der Waals surface area contributed by atoms with Crippen LogP contribution >= 0.6 is 0 Å². The van der Waals surface area contributed by atoms with Crippen LogP contribution < -0.4 is 10.2 Å². The smallest absolute Gasteiger partial charge is 0.324 e. The summed E-state index contributed by atoms with van der Waals surface area (Å²) in [6, 6.07) is 16.9. The highest BCUT2D eigenvalue weighted by atomic mass is 16.3. The summed E-state index contributed by atoms with van der Waals surface area (Å²) in [6.45, 7) is 6.12. The summed E-state index contributed by atoms with van der Waals surface area (Å²) >= 11 is 0. The van der Waals surface area contributed by atoms with Gasteiger partial charge >= 0.3 is 6.03 Å². The zero-order valence-corrected chi connectivity index (χ0v) is 17.2. The Morgan fingerprint density at radius 3 is 2.73 bits per heavy atom. The van der Waals surface area contributed by atoms with Crippen molar-refractivity contribution < 1.29 is 14.0 Å². The minimum absolute atomic E-state index is 0.0170. The monoisotopic (exact) mass is 403 g/mol. The Hall–Kier alpha value is -3.54. The summed E-state index contributed by atoms with van der Waals surface area (Å²) in [6.07, 6.45) is 2.35. The third-order valence-corrected chi connectivity index (χ3v) is 5.34. The Balaban J connectivity index is 1.50. The molecule has 0 radical (unpaired) electrons. The average Bonchev–Trinajstić information content (AvgIpc) is 3.27. The second kappa shape index (κ2) is 8.45. The minimum atomic E-state index is -0.321. The number of hydrogen-bond acceptors (Lipinski definition) is 3. The molecule has 0 aliphatic carbocycles. The van der Waals surface area contributed by atoms with Gasteiger partial charge in [-0.3, -0.25) is 9.69 Å². The highest BCUT2D eigenvalue weighted by Crippen LogP contribution is 2.25. The molecule has 0 unspecified atom stereocenters. The minimum Gasteiger partial charge on any atom is -0.459 e. The van der Waals surface area contributed by atoms with Crippen molar-refractivity contribution in [2.75, 3.05) is 23.3 Å². The van der Waals surface area contributed by atoms with Crippen LogP contribution in [0.1, 0.15) is 33.7 Å². The summed E-state index contributed by atoms with van der Waals surface area (Å²) in [4.78, 5) is 29.1. The van der Waals surface area contributed by atoms with Crippen LogP contribution in [0.2, 0.25) is 0 Å². The van der Waals surface area contributed by atoms with Crippen molar-refractivity contribution in [3.8, 4) is 0 Å². The number of carbonyl (C=O) groups is 2. The maximum atomic E-state index is 13.2. The van der Waals surface area contributed by atoms with E-state index in [1.165, 1.54) is 23.0 Å². The normalized spacial score (nSPS) is 14.1. The van der Waals surface area contributed by atoms with Gasteiger partial charge in [0, 0.05) is 31.0 Å². The van der Waals surface area contributed by atoms with Crippen molar-refractivity contribution in [2.45, 2.75) is 26.8 Å². The molecule has 1 N–H and O–H groups in total. The molecule has 0 saturated carbocycles. The van der Waals surface area contributed by atoms with Crippen molar-refractivity contribution in [3.63, 3.8) is 0 Å². The fourth-order valence-electron chi connectivity index (χ4n) is 3.70. The van der Waals surface area contributed by atoms with Gasteiger partial charge in [-0.2, -0.15) is 0 Å². The van der Waals surface area contributed by atoms with Crippen LogP contribution in [0.5, 0.6) is 0 Å². The molecular formula is C24H25N3O3. The van der Waals surface area contributed by atoms with Gasteiger partial charge in [0.15, 0.2) is 5.76 Å². The predicted octanol–water partition coefficient (Wildman–Crippen LogP) is 4.98. The molecule has 4 rings (SSSR count). The topological polar surface area (TPSA) is 65.8 Å². The zero-order chi connectivity index (χ0) is 21.1. The summed E-state index contributed by atoms with van der Waals surface area (Å²) in [7, 11) is 0. The molecule has 1 saturated heterocycles. The highest BCUT2D eigenvalue weighted by molar-refractivity contribution is 6.02. The lowest BCUT2D eigenvalue weighted by molar-refractivity contribution is 0.0996. The van der Waals surface area contributed by atoms with E-state index >= 15 is 0 Å². The van der Waals surface area contributed by atoms with Crippen LogP contribution in [-0.4, -0.2) is 29.9 Å². The van der Waals surface area contributed by atoms with Gasteiger partial charge in [0.05, 0.1) is 6.26 Å². The van der Waals surface area contributed by atoms with E-state index in [1.807, 2.05) is 23.1 Å². The van der Waals surface area contributed by atoms with E-state index < -0.39 is 0 Å². The number of carbonyl (C=O) groups excluding carboxylic acids is 2. The van der Waals surface area contributed by atoms with Gasteiger partial charge in [-0.15, -0.1) is 0 Å². The first-order valence-electron chi connectivity index (χ1n) is 10.1. The molecule has 2 heterocycles. The Morgan fingerprint density at radius 1 is 1.07 bits per heavy atom. The first-order chi connectivity index (χ1) is 14.5. The number of nitrogens with one attached hydrogen (secondary N) is 1. The Morgan fingerprint density at radius 2 is 1.93 bits per heavy atom. The number of amides is 3. The largest absolute Gasteiger partial charge is 0.459 e. The summed E-state index contributed by atoms with van der Waals surface area (Å²) < 4.78 is 5.14. The number of urea groups is 1. The third kappa shape index (κ3) is 4.22. The second-order valence-corrected chi connectivity index (χ2v) is 7.62. The number of benzene rings is 2. The number of furan rings is 1. The van der Waals surface area contributed by atoms with Crippen LogP contribution in [0.15, 0.2) is 65.3 Å². The van der Waals surface area contributed by atoms with E-state index in [0.717, 1.165) is 18.7 Å². The van der Waals surface area contributed by atoms with Gasteiger partial charge in [-0.25, -0.2) is 4.79 Å². The molecule has 2 aromatic carbocycles. The summed E-state index contributed by atoms with van der Waals surface area (Å²) in [5, 5.41) is 2.82. The second-order valence-electron chi connectivity index (χ2n) is 7.62. The molecule has 0 bridgehead atoms. The van der Waals surface area contributed by atoms with Gasteiger partial charge in [-0.05, 0) is 61.7 Å². The molecule has 6 nitrogen and oxygen atoms in total. The summed E-state index contributed by atoms with van der Waals surface area (Å²) in [5.74, 6) is -0.0761. The first kappa shape index (κ1) is 19.8. The molecule has 1 aliphatic rings. The SMILES string of the molecule is Cc1ccc(C)c(CN2CCCN(c3cccc(NC(=O)c4ccco4)c3)C2=O)c1. The average molecular weight is 403 g/mol. The first-order valence-corrected chi connectivity index (χ1v) is 10.1. The lowest BCUT2D eigenvalue weighted by atomic mass is 10.0. The van der Waals surface area contributed by atoms with E-state index in [1.54, 1.807) is 23.1 Å². The molecular weight excluding hydrogens is 378 g/mol. The molecule has 6 heteroatoms. The lowest BCUT2D eigenvalue weighted by Crippen LogP contribution is -2.49. The third-order valence-electron chi connectivity index (χ3n) is 5.34. The zero-order valence-electron chi connectivity index (χ0n) is 17.2. The molecule has 1 aliphatic heterocycles. The van der Waals surface area contributed by atoms with Crippen LogP contribution in [0.25, 0.3) is 0 Å². The number of anilines is 2. The highest BCUT2D eigenvalue weighted by Gasteiger charge is 2.27. The van der Waals surface area contributed by atoms with Crippen molar-refractivity contribution in [3.05, 3.63) is 83.3 Å². The molecule has 30 heavy (non-hydrogen) atoms. The van der Waals surface area contributed by atoms with E-state index in [4.69, 9.17) is 4.42 Å². The molecule has 0 spiro atoms. The van der Waals surface area contributed by atoms with Crippen LogP contribution in [0.3, 0.4) is 0 Å². The van der Waals surface area contributed by atoms with Gasteiger partial charge in [0.2, 0.25) is 0 Å². The fourth-order valence-corrected chi connectivity index (χ4v) is 3.70. The molecule has 1 fully saturated rings. The van der Waals surface area contributed by atoms with Crippen molar-refractivity contribution in [2.24, 2.45) is 0 Å². The maximum Gasteiger partial charge on any atom is 0.324 e. The van der Waals surface area contributed by atoms with Crippen molar-refractivity contribution in [1.82, 2.24) is 4.90 Å². The van der Waals surface area contributed by atoms with Crippen molar-refractivity contribution in [1.29, 1.82) is 0 Å². The summed E-state index contributed by atoms with van der Waals surface area (Å²) in [5.41, 5.74) is 4.94. The molecule has 3 aromatic rings. The van der Waals surface area contributed by atoms with Crippen LogP contribution in [0, 0.1) is 13.8 Å². The van der Waals surface area contributed by atoms with Crippen LogP contribution in [0.4, 0.5) is 16.2 Å². The quantitative estimate of drug-likeness (QED) is 0.653. The molecule has 0 atom stereocenters. The van der Waals surface area contributed by atoms with E-state index in [2.05, 4.69) is 37.4 Å². The van der Waals surface area contributed by atoms with Gasteiger partial charge < -0.3 is 14.6 Å². The number of aryl methyl sites for hydroxylation is 2. The maximum absolute atomic E-state index is 13.2. The van der Waals surface area contributed by atoms with E-state index in [9.17, 15) is 9.59 Å². The van der Waals surface area contributed by atoms with Gasteiger partial charge in [-0.1, -0.05) is 29.8 Å². The fraction of sp³-hybridized carbons (Fsp3) is 0.250. The standard InChI is InChI=1S/C24H25N3O3/c1-17-9-10-18(2)19(14-17)16-26-11-5-12-27(24(26)29)21-7-3-6-20(15-21)25-23(28)22-8-4-13-30-22/h3-4,6-10,13-15H,5,11-12,16H2,1-2H3,(H,25,28).